The maximum Gasteiger partial charge on any atom is 0.416 e. The van der Waals surface area contributed by atoms with E-state index < -0.39 is 0 Å². The van der Waals surface area contributed by atoms with E-state index in [9.17, 15) is 4.79 Å². The van der Waals surface area contributed by atoms with Crippen molar-refractivity contribution < 1.29 is 9.53 Å². The van der Waals surface area contributed by atoms with Gasteiger partial charge in [0.2, 0.25) is 0 Å². The number of nitrogens with zero attached hydrogens (tertiary/aromatic N) is 4. The molecule has 0 spiro atoms. The Kier molecular flexibility index (Phi) is 3.07. The molecule has 0 N–H and O–H groups in total. The zero-order chi connectivity index (χ0) is 15.1. The summed E-state index contributed by atoms with van der Waals surface area (Å²) in [5.74, 6) is 0.546. The molecule has 1 saturated heterocycles. The van der Waals surface area contributed by atoms with Gasteiger partial charge in [0.15, 0.2) is 5.65 Å². The zero-order valence-electron chi connectivity index (χ0n) is 11.4. The average Bonchev–Trinajstić information content (AvgIpc) is 3.11. The van der Waals surface area contributed by atoms with Crippen molar-refractivity contribution in [1.82, 2.24) is 14.6 Å². The van der Waals surface area contributed by atoms with E-state index in [1.54, 1.807) is 27.9 Å². The first-order chi connectivity index (χ1) is 10.7. The SMILES string of the molecule is O=C1OC[C@H](c2ccccc2)N1c1ccn2ncc(Br)c2n1. The van der Waals surface area contributed by atoms with Crippen LogP contribution in [-0.4, -0.2) is 27.3 Å². The highest BCUT2D eigenvalue weighted by molar-refractivity contribution is 9.10. The van der Waals surface area contributed by atoms with Crippen LogP contribution in [-0.2, 0) is 4.74 Å². The Hall–Kier alpha value is -2.41. The van der Waals surface area contributed by atoms with E-state index in [2.05, 4.69) is 26.0 Å². The van der Waals surface area contributed by atoms with Gasteiger partial charge in [-0.05, 0) is 27.6 Å². The predicted octanol–water partition coefficient (Wildman–Crippen LogP) is 3.19. The minimum absolute atomic E-state index is 0.176. The molecule has 1 aromatic carbocycles. The lowest BCUT2D eigenvalue weighted by Gasteiger charge is -2.20. The molecule has 2 aromatic heterocycles. The number of anilines is 1. The molecule has 1 atom stereocenters. The molecule has 3 aromatic rings. The Morgan fingerprint density at radius 3 is 2.86 bits per heavy atom. The van der Waals surface area contributed by atoms with Crippen LogP contribution >= 0.6 is 15.9 Å². The van der Waals surface area contributed by atoms with Crippen LogP contribution < -0.4 is 4.90 Å². The van der Waals surface area contributed by atoms with Gasteiger partial charge in [-0.1, -0.05) is 30.3 Å². The summed E-state index contributed by atoms with van der Waals surface area (Å²) >= 11 is 3.40. The fraction of sp³-hybridized carbons (Fsp3) is 0.133. The van der Waals surface area contributed by atoms with Crippen molar-refractivity contribution in [3.63, 3.8) is 0 Å². The average molecular weight is 359 g/mol. The number of fused-ring (bicyclic) bond motifs is 1. The molecule has 6 nitrogen and oxygen atoms in total. The molecule has 0 bridgehead atoms. The van der Waals surface area contributed by atoms with Gasteiger partial charge >= 0.3 is 6.09 Å². The first-order valence-electron chi connectivity index (χ1n) is 6.75. The molecule has 22 heavy (non-hydrogen) atoms. The van der Waals surface area contributed by atoms with Crippen LogP contribution in [0.25, 0.3) is 5.65 Å². The molecule has 0 aliphatic carbocycles. The summed E-state index contributed by atoms with van der Waals surface area (Å²) in [7, 11) is 0. The second-order valence-electron chi connectivity index (χ2n) is 4.92. The van der Waals surface area contributed by atoms with Crippen LogP contribution in [0.1, 0.15) is 11.6 Å². The molecule has 0 unspecified atom stereocenters. The molecule has 4 rings (SSSR count). The molecule has 0 radical (unpaired) electrons. The van der Waals surface area contributed by atoms with E-state index >= 15 is 0 Å². The van der Waals surface area contributed by atoms with Crippen molar-refractivity contribution in [1.29, 1.82) is 0 Å². The Morgan fingerprint density at radius 2 is 2.05 bits per heavy atom. The number of hydrogen-bond donors (Lipinski definition) is 0. The van der Waals surface area contributed by atoms with Crippen LogP contribution in [0.3, 0.4) is 0 Å². The fourth-order valence-electron chi connectivity index (χ4n) is 2.56. The summed E-state index contributed by atoms with van der Waals surface area (Å²) in [5.41, 5.74) is 1.67. The van der Waals surface area contributed by atoms with Crippen molar-refractivity contribution in [2.45, 2.75) is 6.04 Å². The summed E-state index contributed by atoms with van der Waals surface area (Å²) in [6, 6.07) is 11.4. The smallest absolute Gasteiger partial charge is 0.416 e. The van der Waals surface area contributed by atoms with E-state index in [0.29, 0.717) is 18.1 Å². The third-order valence-corrected chi connectivity index (χ3v) is 4.17. The lowest BCUT2D eigenvalue weighted by molar-refractivity contribution is 0.179. The summed E-state index contributed by atoms with van der Waals surface area (Å²) in [6.07, 6.45) is 3.06. The van der Waals surface area contributed by atoms with Gasteiger partial charge < -0.3 is 4.74 Å². The van der Waals surface area contributed by atoms with E-state index in [1.807, 2.05) is 30.3 Å². The molecule has 7 heteroatoms. The van der Waals surface area contributed by atoms with Crippen molar-refractivity contribution >= 4 is 33.5 Å². The lowest BCUT2D eigenvalue weighted by atomic mass is 10.1. The standard InChI is InChI=1S/C15H11BrN4O2/c16-11-8-17-19-7-6-13(18-14(11)19)20-12(9-22-15(20)21)10-4-2-1-3-5-10/h1-8,12H,9H2/t12-/m1/s1. The van der Waals surface area contributed by atoms with Crippen LogP contribution in [0, 0.1) is 0 Å². The molecular weight excluding hydrogens is 348 g/mol. The second-order valence-corrected chi connectivity index (χ2v) is 5.77. The van der Waals surface area contributed by atoms with Gasteiger partial charge in [-0.25, -0.2) is 14.3 Å². The topological polar surface area (TPSA) is 59.7 Å². The number of aromatic nitrogens is 3. The van der Waals surface area contributed by atoms with E-state index in [0.717, 1.165) is 10.0 Å². The van der Waals surface area contributed by atoms with Crippen molar-refractivity contribution in [2.75, 3.05) is 11.5 Å². The second kappa shape index (κ2) is 5.10. The Morgan fingerprint density at radius 1 is 1.23 bits per heavy atom. The van der Waals surface area contributed by atoms with Crippen LogP contribution in [0.15, 0.2) is 53.3 Å². The van der Waals surface area contributed by atoms with E-state index in [4.69, 9.17) is 4.74 Å². The zero-order valence-corrected chi connectivity index (χ0v) is 13.0. The Labute approximate surface area is 134 Å². The predicted molar refractivity (Wildman–Crippen MR) is 83.7 cm³/mol. The first kappa shape index (κ1) is 13.3. The molecule has 1 aliphatic heterocycles. The van der Waals surface area contributed by atoms with Gasteiger partial charge in [0.25, 0.3) is 0 Å². The van der Waals surface area contributed by atoms with Crippen molar-refractivity contribution in [3.8, 4) is 0 Å². The van der Waals surface area contributed by atoms with Crippen LogP contribution in [0.5, 0.6) is 0 Å². The lowest BCUT2D eigenvalue weighted by Crippen LogP contribution is -2.28. The maximum absolute atomic E-state index is 12.1. The molecule has 1 aliphatic rings. The van der Waals surface area contributed by atoms with Crippen LogP contribution in [0.2, 0.25) is 0 Å². The van der Waals surface area contributed by atoms with E-state index in [1.165, 1.54) is 0 Å². The number of carbonyl (C=O) groups excluding carboxylic acids is 1. The summed E-state index contributed by atoms with van der Waals surface area (Å²) in [4.78, 5) is 18.2. The van der Waals surface area contributed by atoms with Crippen molar-refractivity contribution in [3.05, 3.63) is 58.8 Å². The van der Waals surface area contributed by atoms with Gasteiger partial charge in [0.1, 0.15) is 18.5 Å². The largest absolute Gasteiger partial charge is 0.447 e. The quantitative estimate of drug-likeness (QED) is 0.705. The number of hydrogen-bond acceptors (Lipinski definition) is 4. The van der Waals surface area contributed by atoms with Gasteiger partial charge in [-0.2, -0.15) is 5.10 Å². The molecule has 3 heterocycles. The Bertz CT molecular complexity index is 849. The highest BCUT2D eigenvalue weighted by atomic mass is 79.9. The molecule has 1 amide bonds. The number of carbonyl (C=O) groups is 1. The molecule has 1 fully saturated rings. The van der Waals surface area contributed by atoms with Gasteiger partial charge in [-0.3, -0.25) is 4.90 Å². The number of ether oxygens (including phenoxy) is 1. The van der Waals surface area contributed by atoms with Gasteiger partial charge in [0.05, 0.1) is 10.7 Å². The minimum atomic E-state index is -0.388. The third-order valence-electron chi connectivity index (χ3n) is 3.62. The highest BCUT2D eigenvalue weighted by Crippen LogP contribution is 2.32. The summed E-state index contributed by atoms with van der Waals surface area (Å²) in [6.45, 7) is 0.316. The molecular formula is C15H11BrN4O2. The van der Waals surface area contributed by atoms with Crippen molar-refractivity contribution in [2.24, 2.45) is 0 Å². The Balaban J connectivity index is 1.80. The monoisotopic (exact) mass is 358 g/mol. The molecule has 110 valence electrons. The van der Waals surface area contributed by atoms with E-state index in [-0.39, 0.29) is 12.1 Å². The normalized spacial score (nSPS) is 18.0. The minimum Gasteiger partial charge on any atom is -0.447 e. The number of rotatable bonds is 2. The van der Waals surface area contributed by atoms with Crippen LogP contribution in [0.4, 0.5) is 10.6 Å². The fourth-order valence-corrected chi connectivity index (χ4v) is 2.92. The maximum atomic E-state index is 12.1. The summed E-state index contributed by atoms with van der Waals surface area (Å²) in [5, 5.41) is 4.15. The van der Waals surface area contributed by atoms with Gasteiger partial charge in [0, 0.05) is 6.20 Å². The number of amides is 1. The summed E-state index contributed by atoms with van der Waals surface area (Å²) < 4.78 is 7.64. The van der Waals surface area contributed by atoms with Gasteiger partial charge in [-0.15, -0.1) is 0 Å². The number of cyclic esters (lactones) is 1. The third kappa shape index (κ3) is 2.05. The first-order valence-corrected chi connectivity index (χ1v) is 7.54. The number of halogens is 1. The molecule has 0 saturated carbocycles. The number of benzene rings is 1. The highest BCUT2D eigenvalue weighted by Gasteiger charge is 2.36.